The predicted octanol–water partition coefficient (Wildman–Crippen LogP) is 0.964. The standard InChI is InChI=1S/C12H21N5O/c1-3-17(9-4-5-9)7-6-14-11-10(13)12(18-2)16-8-15-11/h8-9H,3-7,13H2,1-2H3,(H,14,15,16). The molecule has 0 aromatic carbocycles. The summed E-state index contributed by atoms with van der Waals surface area (Å²) in [6, 6.07) is 0.786. The van der Waals surface area contributed by atoms with Crippen molar-refractivity contribution in [2.45, 2.75) is 25.8 Å². The molecule has 0 atom stereocenters. The number of aromatic nitrogens is 2. The Morgan fingerprint density at radius 2 is 2.28 bits per heavy atom. The van der Waals surface area contributed by atoms with Gasteiger partial charge in [-0.2, -0.15) is 4.98 Å². The number of hydrogen-bond donors (Lipinski definition) is 2. The Labute approximate surface area is 108 Å². The lowest BCUT2D eigenvalue weighted by atomic mass is 10.4. The Hall–Kier alpha value is -1.56. The molecule has 3 N–H and O–H groups in total. The Morgan fingerprint density at radius 1 is 1.50 bits per heavy atom. The molecule has 1 aromatic heterocycles. The van der Waals surface area contributed by atoms with Gasteiger partial charge in [-0.3, -0.25) is 4.90 Å². The van der Waals surface area contributed by atoms with E-state index in [0.29, 0.717) is 17.4 Å². The van der Waals surface area contributed by atoms with Gasteiger partial charge in [0.2, 0.25) is 5.88 Å². The summed E-state index contributed by atoms with van der Waals surface area (Å²) in [5.41, 5.74) is 6.36. The lowest BCUT2D eigenvalue weighted by Gasteiger charge is -2.20. The van der Waals surface area contributed by atoms with Crippen LogP contribution in [0.5, 0.6) is 5.88 Å². The van der Waals surface area contributed by atoms with E-state index in [1.165, 1.54) is 19.2 Å². The SMILES string of the molecule is CCN(CCNc1ncnc(OC)c1N)C1CC1. The molecule has 1 fully saturated rings. The van der Waals surface area contributed by atoms with E-state index in [4.69, 9.17) is 10.5 Å². The van der Waals surface area contributed by atoms with Crippen molar-refractivity contribution >= 4 is 11.5 Å². The maximum atomic E-state index is 5.89. The van der Waals surface area contributed by atoms with E-state index in [2.05, 4.69) is 27.1 Å². The van der Waals surface area contributed by atoms with Gasteiger partial charge in [-0.1, -0.05) is 6.92 Å². The van der Waals surface area contributed by atoms with Crippen LogP contribution in [0.1, 0.15) is 19.8 Å². The Kier molecular flexibility index (Phi) is 4.19. The summed E-state index contributed by atoms with van der Waals surface area (Å²) >= 11 is 0. The fourth-order valence-corrected chi connectivity index (χ4v) is 2.04. The molecule has 18 heavy (non-hydrogen) atoms. The molecule has 1 saturated carbocycles. The fraction of sp³-hybridized carbons (Fsp3) is 0.667. The minimum absolute atomic E-state index is 0.419. The van der Waals surface area contributed by atoms with Crippen molar-refractivity contribution in [2.75, 3.05) is 37.8 Å². The van der Waals surface area contributed by atoms with Crippen molar-refractivity contribution in [3.8, 4) is 5.88 Å². The quantitative estimate of drug-likeness (QED) is 0.752. The molecule has 0 spiro atoms. The largest absolute Gasteiger partial charge is 0.479 e. The average molecular weight is 251 g/mol. The van der Waals surface area contributed by atoms with Gasteiger partial charge >= 0.3 is 0 Å². The first-order valence-electron chi connectivity index (χ1n) is 6.38. The van der Waals surface area contributed by atoms with Crippen molar-refractivity contribution in [1.82, 2.24) is 14.9 Å². The van der Waals surface area contributed by atoms with Crippen LogP contribution < -0.4 is 15.8 Å². The van der Waals surface area contributed by atoms with Crippen LogP contribution in [0.2, 0.25) is 0 Å². The van der Waals surface area contributed by atoms with Crippen molar-refractivity contribution in [1.29, 1.82) is 0 Å². The third kappa shape index (κ3) is 3.01. The van der Waals surface area contributed by atoms with E-state index < -0.39 is 0 Å². The lowest BCUT2D eigenvalue weighted by Crippen LogP contribution is -2.31. The molecule has 0 unspecified atom stereocenters. The summed E-state index contributed by atoms with van der Waals surface area (Å²) in [5.74, 6) is 1.07. The van der Waals surface area contributed by atoms with Crippen LogP contribution in [-0.4, -0.2) is 47.7 Å². The Morgan fingerprint density at radius 3 is 2.89 bits per heavy atom. The summed E-state index contributed by atoms with van der Waals surface area (Å²) in [5, 5.41) is 3.24. The molecule has 0 bridgehead atoms. The zero-order chi connectivity index (χ0) is 13.0. The van der Waals surface area contributed by atoms with Gasteiger partial charge in [0, 0.05) is 19.1 Å². The number of rotatable bonds is 7. The molecule has 1 aliphatic carbocycles. The summed E-state index contributed by atoms with van der Waals surface area (Å²) < 4.78 is 5.06. The van der Waals surface area contributed by atoms with Gasteiger partial charge in [0.15, 0.2) is 5.82 Å². The maximum Gasteiger partial charge on any atom is 0.242 e. The number of nitrogens with one attached hydrogen (secondary N) is 1. The molecule has 6 heteroatoms. The minimum Gasteiger partial charge on any atom is -0.479 e. The van der Waals surface area contributed by atoms with Crippen molar-refractivity contribution in [3.63, 3.8) is 0 Å². The molecule has 0 saturated heterocycles. The highest BCUT2D eigenvalue weighted by Crippen LogP contribution is 2.26. The predicted molar refractivity (Wildman–Crippen MR) is 71.8 cm³/mol. The lowest BCUT2D eigenvalue weighted by molar-refractivity contribution is 0.289. The first kappa shape index (κ1) is 12.9. The highest BCUT2D eigenvalue weighted by molar-refractivity contribution is 5.66. The van der Waals surface area contributed by atoms with Gasteiger partial charge in [0.25, 0.3) is 0 Å². The number of methoxy groups -OCH3 is 1. The van der Waals surface area contributed by atoms with Gasteiger partial charge in [0.1, 0.15) is 12.0 Å². The first-order valence-corrected chi connectivity index (χ1v) is 6.38. The first-order chi connectivity index (χ1) is 8.76. The third-order valence-electron chi connectivity index (χ3n) is 3.20. The van der Waals surface area contributed by atoms with Crippen molar-refractivity contribution < 1.29 is 4.74 Å². The van der Waals surface area contributed by atoms with Crippen LogP contribution in [0.3, 0.4) is 0 Å². The van der Waals surface area contributed by atoms with E-state index in [1.807, 2.05) is 0 Å². The summed E-state index contributed by atoms with van der Waals surface area (Å²) in [6.45, 7) is 5.12. The second-order valence-electron chi connectivity index (χ2n) is 4.43. The number of nitrogens with zero attached hydrogens (tertiary/aromatic N) is 3. The Bertz CT molecular complexity index is 394. The second kappa shape index (κ2) is 5.86. The van der Waals surface area contributed by atoms with Crippen LogP contribution in [0, 0.1) is 0 Å². The monoisotopic (exact) mass is 251 g/mol. The number of hydrogen-bond acceptors (Lipinski definition) is 6. The van der Waals surface area contributed by atoms with Crippen LogP contribution in [0.4, 0.5) is 11.5 Å². The zero-order valence-corrected chi connectivity index (χ0v) is 11.0. The zero-order valence-electron chi connectivity index (χ0n) is 11.0. The number of likely N-dealkylation sites (N-methyl/N-ethyl adjacent to an activating group) is 1. The molecule has 1 aliphatic rings. The topological polar surface area (TPSA) is 76.3 Å². The maximum absolute atomic E-state index is 5.89. The van der Waals surface area contributed by atoms with Crippen molar-refractivity contribution in [2.24, 2.45) is 0 Å². The van der Waals surface area contributed by atoms with Gasteiger partial charge in [-0.25, -0.2) is 4.98 Å². The molecule has 1 aromatic rings. The molecular formula is C12H21N5O. The van der Waals surface area contributed by atoms with E-state index in [1.54, 1.807) is 7.11 Å². The Balaban J connectivity index is 1.85. The molecule has 0 amide bonds. The summed E-state index contributed by atoms with van der Waals surface area (Å²) in [7, 11) is 1.55. The smallest absolute Gasteiger partial charge is 0.242 e. The van der Waals surface area contributed by atoms with E-state index in [-0.39, 0.29) is 0 Å². The molecule has 100 valence electrons. The fourth-order valence-electron chi connectivity index (χ4n) is 2.04. The second-order valence-corrected chi connectivity index (χ2v) is 4.43. The molecule has 1 heterocycles. The van der Waals surface area contributed by atoms with Crippen LogP contribution >= 0.6 is 0 Å². The number of nitrogens with two attached hydrogens (primary N) is 1. The van der Waals surface area contributed by atoms with Crippen molar-refractivity contribution in [3.05, 3.63) is 6.33 Å². The van der Waals surface area contributed by atoms with Crippen LogP contribution in [-0.2, 0) is 0 Å². The van der Waals surface area contributed by atoms with Gasteiger partial charge in [0.05, 0.1) is 7.11 Å². The van der Waals surface area contributed by atoms with E-state index in [0.717, 1.165) is 25.7 Å². The van der Waals surface area contributed by atoms with E-state index >= 15 is 0 Å². The molecule has 2 rings (SSSR count). The van der Waals surface area contributed by atoms with Crippen LogP contribution in [0.15, 0.2) is 6.33 Å². The average Bonchev–Trinajstić information content (AvgIpc) is 3.21. The number of nitrogen functional groups attached to an aromatic ring is 1. The number of anilines is 2. The minimum atomic E-state index is 0.419. The summed E-state index contributed by atoms with van der Waals surface area (Å²) in [6.07, 6.45) is 4.12. The van der Waals surface area contributed by atoms with Crippen LogP contribution in [0.25, 0.3) is 0 Å². The van der Waals surface area contributed by atoms with Gasteiger partial charge < -0.3 is 15.8 Å². The molecule has 6 nitrogen and oxygen atoms in total. The van der Waals surface area contributed by atoms with Gasteiger partial charge in [-0.15, -0.1) is 0 Å². The van der Waals surface area contributed by atoms with Gasteiger partial charge in [-0.05, 0) is 19.4 Å². The molecule has 0 aliphatic heterocycles. The third-order valence-corrected chi connectivity index (χ3v) is 3.20. The summed E-state index contributed by atoms with van der Waals surface area (Å²) in [4.78, 5) is 10.5. The highest BCUT2D eigenvalue weighted by Gasteiger charge is 2.27. The number of ether oxygens (including phenoxy) is 1. The molecular weight excluding hydrogens is 230 g/mol. The normalized spacial score (nSPS) is 14.8. The molecule has 0 radical (unpaired) electrons. The van der Waals surface area contributed by atoms with E-state index in [9.17, 15) is 0 Å². The highest BCUT2D eigenvalue weighted by atomic mass is 16.5.